The van der Waals surface area contributed by atoms with Gasteiger partial charge in [0.1, 0.15) is 0 Å². The average molecular weight is 398 g/mol. The lowest BCUT2D eigenvalue weighted by Gasteiger charge is -2.37. The Morgan fingerprint density at radius 1 is 1.07 bits per heavy atom. The van der Waals surface area contributed by atoms with Crippen molar-refractivity contribution in [3.8, 4) is 17.2 Å². The fourth-order valence-corrected chi connectivity index (χ4v) is 4.58. The molecule has 3 rings (SSSR count). The van der Waals surface area contributed by atoms with Crippen molar-refractivity contribution in [2.45, 2.75) is 37.5 Å². The second-order valence-electron chi connectivity index (χ2n) is 7.79. The first-order valence-corrected chi connectivity index (χ1v) is 11.1. The first-order chi connectivity index (χ1) is 13.3. The Bertz CT molecular complexity index is 945. The molecule has 28 heavy (non-hydrogen) atoms. The first-order valence-electron chi connectivity index (χ1n) is 9.60. The standard InChI is InChI=1S/C22H27N3O2S/c1-16(2)28(26,27)24-22-12-13-25(3)15-21(22)20-10-8-19(9-11-20)18-6-4-17(14-23)5-7-18/h4-11,16,21-22,24H,12-13,15H2,1-3H3/t21-,22+/m1/s1. The number of rotatable bonds is 5. The molecule has 1 N–H and O–H groups in total. The molecule has 5 nitrogen and oxygen atoms in total. The Morgan fingerprint density at radius 2 is 1.64 bits per heavy atom. The van der Waals surface area contributed by atoms with Crippen LogP contribution in [0.25, 0.3) is 11.1 Å². The molecule has 0 saturated carbocycles. The highest BCUT2D eigenvalue weighted by Gasteiger charge is 2.32. The van der Waals surface area contributed by atoms with E-state index in [0.29, 0.717) is 5.56 Å². The number of hydrogen-bond acceptors (Lipinski definition) is 4. The van der Waals surface area contributed by atoms with E-state index in [1.165, 1.54) is 0 Å². The van der Waals surface area contributed by atoms with Crippen molar-refractivity contribution < 1.29 is 8.42 Å². The largest absolute Gasteiger partial charge is 0.306 e. The Balaban J connectivity index is 1.83. The Labute approximate surface area is 168 Å². The van der Waals surface area contributed by atoms with Crippen molar-refractivity contribution >= 4 is 10.0 Å². The molecule has 2 atom stereocenters. The van der Waals surface area contributed by atoms with Gasteiger partial charge in [-0.1, -0.05) is 36.4 Å². The average Bonchev–Trinajstić information content (AvgIpc) is 2.69. The van der Waals surface area contributed by atoms with Crippen molar-refractivity contribution in [1.82, 2.24) is 9.62 Å². The molecule has 1 heterocycles. The van der Waals surface area contributed by atoms with Crippen LogP contribution in [-0.2, 0) is 10.0 Å². The number of likely N-dealkylation sites (N-methyl/N-ethyl adjacent to an activating group) is 1. The van der Waals surface area contributed by atoms with Crippen LogP contribution in [0.15, 0.2) is 48.5 Å². The Kier molecular flexibility index (Phi) is 6.19. The zero-order chi connectivity index (χ0) is 20.3. The molecule has 1 aliphatic heterocycles. The topological polar surface area (TPSA) is 73.2 Å². The fourth-order valence-electron chi connectivity index (χ4n) is 3.60. The maximum Gasteiger partial charge on any atom is 0.214 e. The van der Waals surface area contributed by atoms with E-state index < -0.39 is 15.3 Å². The maximum absolute atomic E-state index is 12.4. The summed E-state index contributed by atoms with van der Waals surface area (Å²) >= 11 is 0. The van der Waals surface area contributed by atoms with E-state index in [9.17, 15) is 8.42 Å². The predicted molar refractivity (Wildman–Crippen MR) is 112 cm³/mol. The van der Waals surface area contributed by atoms with Crippen LogP contribution >= 0.6 is 0 Å². The third kappa shape index (κ3) is 4.61. The van der Waals surface area contributed by atoms with E-state index in [-0.39, 0.29) is 12.0 Å². The molecule has 0 unspecified atom stereocenters. The summed E-state index contributed by atoms with van der Waals surface area (Å²) in [7, 11) is -1.23. The second-order valence-corrected chi connectivity index (χ2v) is 10.1. The molecular weight excluding hydrogens is 370 g/mol. The van der Waals surface area contributed by atoms with E-state index in [1.54, 1.807) is 13.8 Å². The molecule has 1 fully saturated rings. The molecular formula is C22H27N3O2S. The van der Waals surface area contributed by atoms with E-state index in [0.717, 1.165) is 36.2 Å². The Morgan fingerprint density at radius 3 is 2.18 bits per heavy atom. The number of likely N-dealkylation sites (tertiary alicyclic amines) is 1. The summed E-state index contributed by atoms with van der Waals surface area (Å²) in [5, 5.41) is 8.50. The van der Waals surface area contributed by atoms with Crippen LogP contribution in [0.4, 0.5) is 0 Å². The molecule has 1 saturated heterocycles. The van der Waals surface area contributed by atoms with Gasteiger partial charge in [-0.05, 0) is 62.7 Å². The highest BCUT2D eigenvalue weighted by atomic mass is 32.2. The molecule has 2 aromatic rings. The number of nitrogens with one attached hydrogen (secondary N) is 1. The second kappa shape index (κ2) is 8.44. The van der Waals surface area contributed by atoms with Crippen molar-refractivity contribution in [3.63, 3.8) is 0 Å². The number of sulfonamides is 1. The van der Waals surface area contributed by atoms with Gasteiger partial charge in [0.15, 0.2) is 0 Å². The summed E-state index contributed by atoms with van der Waals surface area (Å²) in [6, 6.07) is 17.9. The van der Waals surface area contributed by atoms with Crippen LogP contribution in [-0.4, -0.2) is 44.7 Å². The Hall–Kier alpha value is -2.20. The van der Waals surface area contributed by atoms with Gasteiger partial charge < -0.3 is 4.90 Å². The number of hydrogen-bond donors (Lipinski definition) is 1. The highest BCUT2D eigenvalue weighted by molar-refractivity contribution is 7.90. The molecule has 0 aliphatic carbocycles. The van der Waals surface area contributed by atoms with Gasteiger partial charge in [-0.3, -0.25) is 0 Å². The minimum atomic E-state index is -3.31. The van der Waals surface area contributed by atoms with Gasteiger partial charge in [0.05, 0.1) is 16.9 Å². The van der Waals surface area contributed by atoms with E-state index in [2.05, 4.69) is 47.0 Å². The predicted octanol–water partition coefficient (Wildman–Crippen LogP) is 3.34. The molecule has 2 aromatic carbocycles. The summed E-state index contributed by atoms with van der Waals surface area (Å²) in [6.45, 7) is 5.12. The summed E-state index contributed by atoms with van der Waals surface area (Å²) in [5.74, 6) is 0.113. The van der Waals surface area contributed by atoms with E-state index in [1.807, 2.05) is 24.3 Å². The summed E-state index contributed by atoms with van der Waals surface area (Å²) in [4.78, 5) is 2.25. The molecule has 0 aromatic heterocycles. The van der Waals surface area contributed by atoms with Crippen LogP contribution in [0.1, 0.15) is 37.3 Å². The molecule has 0 bridgehead atoms. The van der Waals surface area contributed by atoms with Crippen LogP contribution in [0.2, 0.25) is 0 Å². The van der Waals surface area contributed by atoms with Gasteiger partial charge in [-0.2, -0.15) is 5.26 Å². The lowest BCUT2D eigenvalue weighted by Crippen LogP contribution is -2.50. The van der Waals surface area contributed by atoms with Crippen LogP contribution < -0.4 is 4.72 Å². The SMILES string of the molecule is CC(C)S(=O)(=O)N[C@H]1CCN(C)C[C@@H]1c1ccc(-c2ccc(C#N)cc2)cc1. The summed E-state index contributed by atoms with van der Waals surface area (Å²) in [6.07, 6.45) is 0.796. The van der Waals surface area contributed by atoms with Gasteiger partial charge in [0.25, 0.3) is 0 Å². The lowest BCUT2D eigenvalue weighted by atomic mass is 9.86. The van der Waals surface area contributed by atoms with Gasteiger partial charge >= 0.3 is 0 Å². The normalized spacial score (nSPS) is 20.8. The van der Waals surface area contributed by atoms with Gasteiger partial charge in [-0.25, -0.2) is 13.1 Å². The summed E-state index contributed by atoms with van der Waals surface area (Å²) in [5.41, 5.74) is 3.92. The molecule has 148 valence electrons. The number of nitrogens with zero attached hydrogens (tertiary/aromatic N) is 2. The van der Waals surface area contributed by atoms with E-state index in [4.69, 9.17) is 5.26 Å². The first kappa shape index (κ1) is 20.5. The third-order valence-electron chi connectivity index (χ3n) is 5.44. The monoisotopic (exact) mass is 397 g/mol. The zero-order valence-electron chi connectivity index (χ0n) is 16.6. The number of nitriles is 1. The summed E-state index contributed by atoms with van der Waals surface area (Å²) < 4.78 is 27.7. The lowest BCUT2D eigenvalue weighted by molar-refractivity contribution is 0.219. The molecule has 0 amide bonds. The van der Waals surface area contributed by atoms with Crippen LogP contribution in [0, 0.1) is 11.3 Å². The number of benzene rings is 2. The van der Waals surface area contributed by atoms with Crippen LogP contribution in [0.3, 0.4) is 0 Å². The molecule has 0 spiro atoms. The highest BCUT2D eigenvalue weighted by Crippen LogP contribution is 2.30. The van der Waals surface area contributed by atoms with Crippen molar-refractivity contribution in [3.05, 3.63) is 59.7 Å². The van der Waals surface area contributed by atoms with Crippen molar-refractivity contribution in [1.29, 1.82) is 5.26 Å². The van der Waals surface area contributed by atoms with Crippen molar-refractivity contribution in [2.24, 2.45) is 0 Å². The number of piperidine rings is 1. The minimum absolute atomic E-state index is 0.0932. The maximum atomic E-state index is 12.4. The van der Waals surface area contributed by atoms with Gasteiger partial charge in [-0.15, -0.1) is 0 Å². The van der Waals surface area contributed by atoms with Crippen LogP contribution in [0.5, 0.6) is 0 Å². The van der Waals surface area contributed by atoms with Gasteiger partial charge in [0.2, 0.25) is 10.0 Å². The molecule has 1 aliphatic rings. The minimum Gasteiger partial charge on any atom is -0.306 e. The molecule has 0 radical (unpaired) electrons. The third-order valence-corrected chi connectivity index (χ3v) is 7.31. The van der Waals surface area contributed by atoms with Crippen molar-refractivity contribution in [2.75, 3.05) is 20.1 Å². The quantitative estimate of drug-likeness (QED) is 0.840. The smallest absolute Gasteiger partial charge is 0.214 e. The van der Waals surface area contributed by atoms with E-state index >= 15 is 0 Å². The molecule has 6 heteroatoms. The zero-order valence-corrected chi connectivity index (χ0v) is 17.4. The fraction of sp³-hybridized carbons (Fsp3) is 0.409. The van der Waals surface area contributed by atoms with Gasteiger partial charge in [0, 0.05) is 18.5 Å².